The summed E-state index contributed by atoms with van der Waals surface area (Å²) in [4.78, 5) is 19.4. The minimum Gasteiger partial charge on any atom is -0.349 e. The molecule has 0 aromatic rings. The molecule has 0 saturated heterocycles. The molecule has 0 saturated carbocycles. The summed E-state index contributed by atoms with van der Waals surface area (Å²) in [5.74, 6) is 0.779. The van der Waals surface area contributed by atoms with Gasteiger partial charge in [-0.2, -0.15) is 0 Å². The third-order valence-corrected chi connectivity index (χ3v) is 1.96. The highest BCUT2D eigenvalue weighted by molar-refractivity contribution is 5.96. The normalized spacial score (nSPS) is 12.6. The van der Waals surface area contributed by atoms with Crippen LogP contribution in [0.5, 0.6) is 0 Å². The van der Waals surface area contributed by atoms with Crippen LogP contribution in [-0.4, -0.2) is 49.9 Å². The first kappa shape index (κ1) is 13.9. The molecular weight excluding hydrogens is 190 g/mol. The largest absolute Gasteiger partial charge is 0.349 e. The molecule has 0 radical (unpaired) electrons. The van der Waals surface area contributed by atoms with E-state index in [1.807, 2.05) is 19.0 Å². The van der Waals surface area contributed by atoms with Crippen LogP contribution in [-0.2, 0) is 4.79 Å². The Morgan fingerprint density at radius 3 is 1.93 bits per heavy atom. The number of guanidine groups is 1. The predicted octanol–water partition coefficient (Wildman–Crippen LogP) is 1.43. The van der Waals surface area contributed by atoms with Gasteiger partial charge >= 0.3 is 0 Å². The fraction of sp³-hybridized carbons (Fsp3) is 0.818. The quantitative estimate of drug-likeness (QED) is 0.488. The lowest BCUT2D eigenvalue weighted by Crippen LogP contribution is -2.42. The van der Waals surface area contributed by atoms with Gasteiger partial charge in [-0.1, -0.05) is 20.8 Å². The molecular formula is C11H23N3O. The fourth-order valence-corrected chi connectivity index (χ4v) is 1.33. The second-order valence-corrected chi connectivity index (χ2v) is 5.11. The first-order valence-electron chi connectivity index (χ1n) is 5.09. The zero-order chi connectivity index (χ0) is 12.2. The molecule has 0 bridgehead atoms. The van der Waals surface area contributed by atoms with Gasteiger partial charge in [0, 0.05) is 34.6 Å². The third kappa shape index (κ3) is 4.81. The van der Waals surface area contributed by atoms with Crippen LogP contribution < -0.4 is 0 Å². The van der Waals surface area contributed by atoms with Crippen LogP contribution in [0.15, 0.2) is 4.99 Å². The molecule has 0 N–H and O–H groups in total. The number of carbonyl (C=O) groups is 1. The summed E-state index contributed by atoms with van der Waals surface area (Å²) >= 11 is 0. The van der Waals surface area contributed by atoms with Crippen LogP contribution in [0.3, 0.4) is 0 Å². The van der Waals surface area contributed by atoms with Crippen LogP contribution in [0.1, 0.15) is 27.2 Å². The number of amides is 1. The van der Waals surface area contributed by atoms with Crippen LogP contribution in [0.4, 0.5) is 0 Å². The van der Waals surface area contributed by atoms with Gasteiger partial charge in [0.15, 0.2) is 0 Å². The van der Waals surface area contributed by atoms with Crippen molar-refractivity contribution < 1.29 is 4.79 Å². The van der Waals surface area contributed by atoms with Crippen molar-refractivity contribution in [2.75, 3.05) is 28.2 Å². The second kappa shape index (κ2) is 5.14. The Morgan fingerprint density at radius 1 is 1.20 bits per heavy atom. The van der Waals surface area contributed by atoms with Crippen LogP contribution in [0.2, 0.25) is 0 Å². The molecule has 1 amide bonds. The third-order valence-electron chi connectivity index (χ3n) is 1.96. The van der Waals surface area contributed by atoms with Gasteiger partial charge in [0.25, 0.3) is 0 Å². The smallest absolute Gasteiger partial charge is 0.229 e. The summed E-state index contributed by atoms with van der Waals surface area (Å²) in [6.07, 6.45) is 0.524. The van der Waals surface area contributed by atoms with Crippen LogP contribution >= 0.6 is 0 Å². The monoisotopic (exact) mass is 213 g/mol. The van der Waals surface area contributed by atoms with Gasteiger partial charge in [0.2, 0.25) is 11.9 Å². The summed E-state index contributed by atoms with van der Waals surface area (Å²) in [6, 6.07) is 0. The molecule has 0 heterocycles. The Bertz CT molecular complexity index is 251. The average molecular weight is 213 g/mol. The van der Waals surface area contributed by atoms with E-state index in [1.54, 1.807) is 19.0 Å². The molecule has 0 aromatic heterocycles. The lowest BCUT2D eigenvalue weighted by Gasteiger charge is -2.27. The molecule has 0 unspecified atom stereocenters. The maximum absolute atomic E-state index is 11.9. The van der Waals surface area contributed by atoms with Gasteiger partial charge in [-0.25, -0.2) is 0 Å². The Labute approximate surface area is 93.0 Å². The van der Waals surface area contributed by atoms with Gasteiger partial charge in [-0.05, 0) is 5.41 Å². The van der Waals surface area contributed by atoms with Crippen molar-refractivity contribution in [1.82, 2.24) is 9.80 Å². The molecule has 0 aliphatic carbocycles. The highest BCUT2D eigenvalue weighted by Gasteiger charge is 2.22. The van der Waals surface area contributed by atoms with E-state index in [0.717, 1.165) is 0 Å². The van der Waals surface area contributed by atoms with E-state index in [-0.39, 0.29) is 11.3 Å². The summed E-state index contributed by atoms with van der Waals surface area (Å²) in [5.41, 5.74) is 0.0104. The molecule has 0 atom stereocenters. The SMILES string of the molecule is CN=C(N(C)C)N(C)C(=O)CC(C)(C)C. The summed E-state index contributed by atoms with van der Waals surface area (Å²) in [6.45, 7) is 6.16. The number of rotatable bonds is 1. The maximum Gasteiger partial charge on any atom is 0.229 e. The molecule has 0 spiro atoms. The highest BCUT2D eigenvalue weighted by Crippen LogP contribution is 2.19. The molecule has 88 valence electrons. The van der Waals surface area contributed by atoms with Gasteiger partial charge in [-0.15, -0.1) is 0 Å². The van der Waals surface area contributed by atoms with Crippen molar-refractivity contribution in [1.29, 1.82) is 0 Å². The van der Waals surface area contributed by atoms with E-state index in [4.69, 9.17) is 0 Å². The summed E-state index contributed by atoms with van der Waals surface area (Å²) < 4.78 is 0. The number of hydrogen-bond donors (Lipinski definition) is 0. The van der Waals surface area contributed by atoms with E-state index >= 15 is 0 Å². The van der Waals surface area contributed by atoms with Crippen molar-refractivity contribution in [3.8, 4) is 0 Å². The maximum atomic E-state index is 11.9. The number of aliphatic imine (C=N–C) groups is 1. The Hall–Kier alpha value is -1.06. The zero-order valence-corrected chi connectivity index (χ0v) is 11.0. The Kier molecular flexibility index (Phi) is 4.78. The first-order chi connectivity index (χ1) is 6.69. The van der Waals surface area contributed by atoms with Crippen molar-refractivity contribution in [2.24, 2.45) is 10.4 Å². The molecule has 4 nitrogen and oxygen atoms in total. The fourth-order valence-electron chi connectivity index (χ4n) is 1.33. The van der Waals surface area contributed by atoms with Crippen LogP contribution in [0, 0.1) is 5.41 Å². The second-order valence-electron chi connectivity index (χ2n) is 5.11. The van der Waals surface area contributed by atoms with Crippen molar-refractivity contribution in [2.45, 2.75) is 27.2 Å². The summed E-state index contributed by atoms with van der Waals surface area (Å²) in [5, 5.41) is 0. The molecule has 15 heavy (non-hydrogen) atoms. The molecule has 4 heteroatoms. The van der Waals surface area contributed by atoms with Crippen LogP contribution in [0.25, 0.3) is 0 Å². The zero-order valence-electron chi connectivity index (χ0n) is 11.0. The first-order valence-corrected chi connectivity index (χ1v) is 5.09. The molecule has 0 aromatic carbocycles. The van der Waals surface area contributed by atoms with E-state index in [2.05, 4.69) is 25.8 Å². The standard InChI is InChI=1S/C11H23N3O/c1-11(2,3)8-9(15)14(7)10(12-4)13(5)6/h8H2,1-7H3. The minimum atomic E-state index is 0.0104. The van der Waals surface area contributed by atoms with Crippen molar-refractivity contribution in [3.63, 3.8) is 0 Å². The average Bonchev–Trinajstić information content (AvgIpc) is 2.01. The summed E-state index contributed by atoms with van der Waals surface area (Å²) in [7, 11) is 7.21. The van der Waals surface area contributed by atoms with E-state index in [9.17, 15) is 4.79 Å². The highest BCUT2D eigenvalue weighted by atomic mass is 16.2. The molecule has 0 aliphatic rings. The van der Waals surface area contributed by atoms with Gasteiger partial charge in [-0.3, -0.25) is 14.7 Å². The number of carbonyl (C=O) groups excluding carboxylic acids is 1. The van der Waals surface area contributed by atoms with Gasteiger partial charge in [0.1, 0.15) is 0 Å². The molecule has 0 aliphatic heterocycles. The minimum absolute atomic E-state index is 0.0104. The lowest BCUT2D eigenvalue weighted by atomic mass is 9.92. The topological polar surface area (TPSA) is 35.9 Å². The Morgan fingerprint density at radius 2 is 1.67 bits per heavy atom. The van der Waals surface area contributed by atoms with Crippen molar-refractivity contribution in [3.05, 3.63) is 0 Å². The number of hydrogen-bond acceptors (Lipinski definition) is 2. The lowest BCUT2D eigenvalue weighted by molar-refractivity contribution is -0.128. The molecule has 0 rings (SSSR count). The van der Waals surface area contributed by atoms with E-state index in [1.165, 1.54) is 0 Å². The number of nitrogens with zero attached hydrogens (tertiary/aromatic N) is 3. The Balaban J connectivity index is 4.58. The van der Waals surface area contributed by atoms with E-state index < -0.39 is 0 Å². The molecule has 0 fully saturated rings. The van der Waals surface area contributed by atoms with Crippen molar-refractivity contribution >= 4 is 11.9 Å². The predicted molar refractivity (Wildman–Crippen MR) is 63.9 cm³/mol. The van der Waals surface area contributed by atoms with Gasteiger partial charge in [0.05, 0.1) is 0 Å². The van der Waals surface area contributed by atoms with E-state index in [0.29, 0.717) is 12.4 Å². The van der Waals surface area contributed by atoms with Gasteiger partial charge < -0.3 is 4.90 Å².